The number of rotatable bonds is 4. The van der Waals surface area contributed by atoms with Gasteiger partial charge in [0.2, 0.25) is 0 Å². The molecule has 0 atom stereocenters. The van der Waals surface area contributed by atoms with Gasteiger partial charge in [-0.25, -0.2) is 0 Å². The topological polar surface area (TPSA) is 56.0 Å². The zero-order chi connectivity index (χ0) is 12.2. The van der Waals surface area contributed by atoms with Crippen LogP contribution < -0.4 is 5.32 Å². The molecule has 0 unspecified atom stereocenters. The van der Waals surface area contributed by atoms with Crippen LogP contribution >= 0.6 is 15.9 Å². The van der Waals surface area contributed by atoms with Crippen molar-refractivity contribution in [3.05, 3.63) is 28.2 Å². The molecule has 86 valence electrons. The van der Waals surface area contributed by atoms with E-state index in [0.29, 0.717) is 18.5 Å². The summed E-state index contributed by atoms with van der Waals surface area (Å²) in [6, 6.07) is 7.64. The third kappa shape index (κ3) is 4.21. The number of nitrogens with zero attached hydrogens (tertiary/aromatic N) is 1. The van der Waals surface area contributed by atoms with E-state index in [2.05, 4.69) is 27.3 Å². The number of hydrogen-bond donors (Lipinski definition) is 2. The normalized spacial score (nSPS) is 10.9. The molecule has 4 heteroatoms. The molecular weight excluding hydrogens is 268 g/mol. The summed E-state index contributed by atoms with van der Waals surface area (Å²) in [5.74, 6) is 0. The van der Waals surface area contributed by atoms with Crippen molar-refractivity contribution >= 4 is 21.6 Å². The van der Waals surface area contributed by atoms with Gasteiger partial charge in [0.25, 0.3) is 0 Å². The first-order valence-corrected chi connectivity index (χ1v) is 5.87. The van der Waals surface area contributed by atoms with Crippen molar-refractivity contribution in [2.75, 3.05) is 11.9 Å². The van der Waals surface area contributed by atoms with E-state index in [1.165, 1.54) is 0 Å². The number of nitrogens with one attached hydrogen (secondary N) is 1. The van der Waals surface area contributed by atoms with Crippen LogP contribution in [0.25, 0.3) is 0 Å². The van der Waals surface area contributed by atoms with E-state index in [1.54, 1.807) is 19.9 Å². The summed E-state index contributed by atoms with van der Waals surface area (Å²) in [6.45, 7) is 4.17. The van der Waals surface area contributed by atoms with E-state index >= 15 is 0 Å². The second-order valence-electron chi connectivity index (χ2n) is 4.29. The highest BCUT2D eigenvalue weighted by Gasteiger charge is 2.11. The van der Waals surface area contributed by atoms with Crippen LogP contribution in [0.4, 0.5) is 5.69 Å². The highest BCUT2D eigenvalue weighted by molar-refractivity contribution is 9.10. The van der Waals surface area contributed by atoms with Crippen molar-refractivity contribution in [3.63, 3.8) is 0 Å². The summed E-state index contributed by atoms with van der Waals surface area (Å²) in [6.07, 6.45) is 0.633. The van der Waals surface area contributed by atoms with Gasteiger partial charge in [-0.1, -0.05) is 15.9 Å². The first-order chi connectivity index (χ1) is 7.42. The molecule has 0 saturated heterocycles. The fraction of sp³-hybridized carbons (Fsp3) is 0.417. The number of nitriles is 1. The molecule has 0 aromatic heterocycles. The predicted octanol–water partition coefficient (Wildman–Crippen LogP) is 2.89. The van der Waals surface area contributed by atoms with Crippen molar-refractivity contribution in [3.8, 4) is 6.07 Å². The minimum absolute atomic E-state index is 0.602. The van der Waals surface area contributed by atoms with Gasteiger partial charge >= 0.3 is 0 Å². The van der Waals surface area contributed by atoms with Gasteiger partial charge in [-0.3, -0.25) is 0 Å². The van der Waals surface area contributed by atoms with Crippen LogP contribution in [0.15, 0.2) is 22.7 Å². The quantitative estimate of drug-likeness (QED) is 0.893. The Morgan fingerprint density at radius 1 is 1.50 bits per heavy atom. The Labute approximate surface area is 104 Å². The lowest BCUT2D eigenvalue weighted by Gasteiger charge is -2.17. The van der Waals surface area contributed by atoms with Crippen molar-refractivity contribution in [2.45, 2.75) is 25.9 Å². The van der Waals surface area contributed by atoms with E-state index in [4.69, 9.17) is 5.26 Å². The molecule has 0 radical (unpaired) electrons. The molecule has 0 spiro atoms. The van der Waals surface area contributed by atoms with Gasteiger partial charge in [0.15, 0.2) is 0 Å². The third-order valence-electron chi connectivity index (χ3n) is 2.15. The summed E-state index contributed by atoms with van der Waals surface area (Å²) in [7, 11) is 0. The molecule has 2 N–H and O–H groups in total. The largest absolute Gasteiger partial charge is 0.390 e. The van der Waals surface area contributed by atoms with Crippen molar-refractivity contribution in [1.82, 2.24) is 0 Å². The van der Waals surface area contributed by atoms with E-state index in [1.807, 2.05) is 12.1 Å². The molecule has 0 saturated carbocycles. The summed E-state index contributed by atoms with van der Waals surface area (Å²) in [4.78, 5) is 0. The molecule has 0 aliphatic heterocycles. The van der Waals surface area contributed by atoms with E-state index in [-0.39, 0.29) is 0 Å². The first-order valence-electron chi connectivity index (χ1n) is 5.08. The van der Waals surface area contributed by atoms with Crippen molar-refractivity contribution < 1.29 is 5.11 Å². The van der Waals surface area contributed by atoms with E-state index < -0.39 is 5.60 Å². The minimum Gasteiger partial charge on any atom is -0.390 e. The number of halogens is 1. The van der Waals surface area contributed by atoms with Crippen LogP contribution in [-0.2, 0) is 0 Å². The Kier molecular flexibility index (Phi) is 4.34. The first kappa shape index (κ1) is 13.0. The highest BCUT2D eigenvalue weighted by Crippen LogP contribution is 2.20. The summed E-state index contributed by atoms with van der Waals surface area (Å²) < 4.78 is 0.886. The molecule has 0 aliphatic rings. The Morgan fingerprint density at radius 3 is 2.75 bits per heavy atom. The maximum absolute atomic E-state index is 9.55. The lowest BCUT2D eigenvalue weighted by molar-refractivity contribution is 0.0749. The van der Waals surface area contributed by atoms with Crippen LogP contribution in [0.3, 0.4) is 0 Å². The van der Waals surface area contributed by atoms with Crippen molar-refractivity contribution in [1.29, 1.82) is 5.26 Å². The number of aliphatic hydroxyl groups is 1. The fourth-order valence-corrected chi connectivity index (χ4v) is 1.63. The molecule has 0 aliphatic carbocycles. The second-order valence-corrected chi connectivity index (χ2v) is 5.21. The third-order valence-corrected chi connectivity index (χ3v) is 2.65. The minimum atomic E-state index is -0.685. The van der Waals surface area contributed by atoms with Gasteiger partial charge in [-0.2, -0.15) is 5.26 Å². The van der Waals surface area contributed by atoms with Crippen LogP contribution in [0, 0.1) is 11.3 Å². The molecular formula is C12H15BrN2O. The SMILES string of the molecule is CC(C)(O)CCNc1ccc(Br)cc1C#N. The fourth-order valence-electron chi connectivity index (χ4n) is 1.27. The number of anilines is 1. The summed E-state index contributed by atoms with van der Waals surface area (Å²) in [5, 5.41) is 21.6. The average molecular weight is 283 g/mol. The number of benzene rings is 1. The van der Waals surface area contributed by atoms with Gasteiger partial charge in [0.05, 0.1) is 16.9 Å². The van der Waals surface area contributed by atoms with Gasteiger partial charge in [-0.05, 0) is 38.5 Å². The van der Waals surface area contributed by atoms with Gasteiger partial charge in [0.1, 0.15) is 6.07 Å². The second kappa shape index (κ2) is 5.33. The molecule has 0 heterocycles. The molecule has 3 nitrogen and oxygen atoms in total. The maximum atomic E-state index is 9.55. The zero-order valence-corrected chi connectivity index (χ0v) is 11.0. The average Bonchev–Trinajstić information content (AvgIpc) is 2.18. The monoisotopic (exact) mass is 282 g/mol. The van der Waals surface area contributed by atoms with E-state index in [9.17, 15) is 5.11 Å². The summed E-state index contributed by atoms with van der Waals surface area (Å²) in [5.41, 5.74) is 0.717. The molecule has 16 heavy (non-hydrogen) atoms. The van der Waals surface area contributed by atoms with Crippen LogP contribution in [-0.4, -0.2) is 17.3 Å². The van der Waals surface area contributed by atoms with Crippen LogP contribution in [0.2, 0.25) is 0 Å². The predicted molar refractivity (Wildman–Crippen MR) is 68.3 cm³/mol. The van der Waals surface area contributed by atoms with Gasteiger partial charge in [0, 0.05) is 11.0 Å². The molecule has 0 amide bonds. The van der Waals surface area contributed by atoms with Gasteiger partial charge < -0.3 is 10.4 Å². The molecule has 1 aromatic rings. The van der Waals surface area contributed by atoms with E-state index in [0.717, 1.165) is 10.2 Å². The lowest BCUT2D eigenvalue weighted by Crippen LogP contribution is -2.22. The molecule has 1 aromatic carbocycles. The highest BCUT2D eigenvalue weighted by atomic mass is 79.9. The molecule has 1 rings (SSSR count). The van der Waals surface area contributed by atoms with Crippen LogP contribution in [0.5, 0.6) is 0 Å². The smallest absolute Gasteiger partial charge is 0.101 e. The standard InChI is InChI=1S/C12H15BrN2O/c1-12(2,16)5-6-15-11-4-3-10(13)7-9(11)8-14/h3-4,7,15-16H,5-6H2,1-2H3. The number of hydrogen-bond acceptors (Lipinski definition) is 3. The Balaban J connectivity index is 2.65. The Hall–Kier alpha value is -1.05. The zero-order valence-electron chi connectivity index (χ0n) is 9.42. The molecule has 0 fully saturated rings. The van der Waals surface area contributed by atoms with Crippen LogP contribution in [0.1, 0.15) is 25.8 Å². The Morgan fingerprint density at radius 2 is 2.19 bits per heavy atom. The van der Waals surface area contributed by atoms with Crippen molar-refractivity contribution in [2.24, 2.45) is 0 Å². The summed E-state index contributed by atoms with van der Waals surface area (Å²) >= 11 is 3.32. The molecule has 0 bridgehead atoms. The lowest BCUT2D eigenvalue weighted by atomic mass is 10.1. The van der Waals surface area contributed by atoms with Gasteiger partial charge in [-0.15, -0.1) is 0 Å². The Bertz CT molecular complexity index is 404. The maximum Gasteiger partial charge on any atom is 0.101 e.